The number of amides is 1. The Morgan fingerprint density at radius 3 is 2.55 bits per heavy atom. The third kappa shape index (κ3) is 2.89. The van der Waals surface area contributed by atoms with Crippen LogP contribution in [0, 0.1) is 5.82 Å². The minimum atomic E-state index is -1.24. The average Bonchev–Trinajstić information content (AvgIpc) is 2.41. The van der Waals surface area contributed by atoms with Crippen LogP contribution >= 0.6 is 0 Å². The van der Waals surface area contributed by atoms with Crippen molar-refractivity contribution in [2.24, 2.45) is 0 Å². The van der Waals surface area contributed by atoms with E-state index in [1.807, 2.05) is 0 Å². The van der Waals surface area contributed by atoms with Crippen molar-refractivity contribution in [2.75, 3.05) is 5.32 Å². The predicted octanol–water partition coefficient (Wildman–Crippen LogP) is 1.46. The van der Waals surface area contributed by atoms with E-state index in [-0.39, 0.29) is 16.8 Å². The molecule has 0 aliphatic rings. The molecule has 0 saturated heterocycles. The predicted molar refractivity (Wildman–Crippen MR) is 68.4 cm³/mol. The molecule has 20 heavy (non-hydrogen) atoms. The molecule has 102 valence electrons. The lowest BCUT2D eigenvalue weighted by atomic mass is 10.2. The fourth-order valence-corrected chi connectivity index (χ4v) is 1.53. The summed E-state index contributed by atoms with van der Waals surface area (Å²) in [5.41, 5.74) is -0.867. The summed E-state index contributed by atoms with van der Waals surface area (Å²) in [6, 6.07) is 5.42. The quantitative estimate of drug-likeness (QED) is 0.790. The van der Waals surface area contributed by atoms with Crippen LogP contribution in [0.5, 0.6) is 0 Å². The Kier molecular flexibility index (Phi) is 3.60. The Morgan fingerprint density at radius 2 is 1.90 bits per heavy atom. The Bertz CT molecular complexity index is 739. The zero-order valence-electron chi connectivity index (χ0n) is 10.0. The second-order valence-electron chi connectivity index (χ2n) is 3.90. The number of anilines is 1. The van der Waals surface area contributed by atoms with Gasteiger partial charge >= 0.3 is 5.97 Å². The lowest BCUT2D eigenvalue weighted by Crippen LogP contribution is -2.16. The number of H-pyrrole nitrogens is 1. The molecule has 2 rings (SSSR count). The molecule has 0 unspecified atom stereocenters. The van der Waals surface area contributed by atoms with Crippen molar-refractivity contribution < 1.29 is 19.1 Å². The highest BCUT2D eigenvalue weighted by atomic mass is 19.1. The fraction of sp³-hybridized carbons (Fsp3) is 0. The van der Waals surface area contributed by atoms with E-state index in [0.717, 1.165) is 24.3 Å². The van der Waals surface area contributed by atoms with Crippen LogP contribution in [0.3, 0.4) is 0 Å². The molecule has 1 amide bonds. The molecule has 0 bridgehead atoms. The van der Waals surface area contributed by atoms with Gasteiger partial charge in [0, 0.05) is 17.8 Å². The summed E-state index contributed by atoms with van der Waals surface area (Å²) in [6.45, 7) is 0. The third-order valence-electron chi connectivity index (χ3n) is 2.50. The average molecular weight is 276 g/mol. The maximum Gasteiger partial charge on any atom is 0.335 e. The number of carboxylic acids is 1. The van der Waals surface area contributed by atoms with Crippen LogP contribution in [-0.2, 0) is 0 Å². The van der Waals surface area contributed by atoms with Crippen molar-refractivity contribution in [1.82, 2.24) is 4.98 Å². The molecule has 0 aliphatic heterocycles. The van der Waals surface area contributed by atoms with E-state index < -0.39 is 23.3 Å². The van der Waals surface area contributed by atoms with Crippen molar-refractivity contribution in [1.29, 1.82) is 0 Å². The summed E-state index contributed by atoms with van der Waals surface area (Å²) in [6.07, 6.45) is 1.28. The number of nitrogens with one attached hydrogen (secondary N) is 2. The summed E-state index contributed by atoms with van der Waals surface area (Å²) in [7, 11) is 0. The number of carboxylic acid groups (broad SMARTS) is 1. The molecule has 0 spiro atoms. The fourth-order valence-electron chi connectivity index (χ4n) is 1.53. The first kappa shape index (κ1) is 13.5. The summed E-state index contributed by atoms with van der Waals surface area (Å²) in [5, 5.41) is 11.0. The number of hydrogen-bond donors (Lipinski definition) is 3. The Balaban J connectivity index is 2.30. The summed E-state index contributed by atoms with van der Waals surface area (Å²) in [4.78, 5) is 36.0. The Labute approximate surface area is 111 Å². The second kappa shape index (κ2) is 5.35. The van der Waals surface area contributed by atoms with E-state index in [1.54, 1.807) is 0 Å². The molecular formula is C13H9FN2O4. The van der Waals surface area contributed by atoms with Gasteiger partial charge in [0.05, 0.1) is 11.3 Å². The maximum atomic E-state index is 13.5. The van der Waals surface area contributed by atoms with E-state index in [4.69, 9.17) is 5.11 Å². The molecule has 0 atom stereocenters. The van der Waals surface area contributed by atoms with E-state index in [0.29, 0.717) is 0 Å². The smallest absolute Gasteiger partial charge is 0.335 e. The molecule has 0 radical (unpaired) electrons. The van der Waals surface area contributed by atoms with Crippen LogP contribution in [0.2, 0.25) is 0 Å². The van der Waals surface area contributed by atoms with E-state index in [1.165, 1.54) is 12.3 Å². The summed E-state index contributed by atoms with van der Waals surface area (Å²) in [5.74, 6) is -2.72. The van der Waals surface area contributed by atoms with Gasteiger partial charge in [0.1, 0.15) is 5.82 Å². The molecule has 0 saturated carbocycles. The van der Waals surface area contributed by atoms with Gasteiger partial charge < -0.3 is 15.4 Å². The number of carbonyl (C=O) groups is 2. The standard InChI is InChI=1S/C13H9FN2O4/c14-9-2-1-8(13(19)20)5-10(9)16-12(18)7-3-4-15-11(17)6-7/h1-6H,(H,15,17)(H,16,18)(H,19,20). The van der Waals surface area contributed by atoms with E-state index in [2.05, 4.69) is 10.3 Å². The third-order valence-corrected chi connectivity index (χ3v) is 2.50. The lowest BCUT2D eigenvalue weighted by Gasteiger charge is -2.07. The summed E-state index contributed by atoms with van der Waals surface area (Å²) < 4.78 is 13.5. The Hall–Kier alpha value is -2.96. The molecule has 1 heterocycles. The number of aromatic amines is 1. The zero-order chi connectivity index (χ0) is 14.7. The zero-order valence-corrected chi connectivity index (χ0v) is 10.0. The number of pyridine rings is 1. The van der Waals surface area contributed by atoms with Gasteiger partial charge in [-0.3, -0.25) is 9.59 Å². The van der Waals surface area contributed by atoms with Gasteiger partial charge in [0.25, 0.3) is 5.91 Å². The van der Waals surface area contributed by atoms with Gasteiger partial charge in [-0.1, -0.05) is 0 Å². The van der Waals surface area contributed by atoms with E-state index in [9.17, 15) is 18.8 Å². The van der Waals surface area contributed by atoms with Crippen molar-refractivity contribution in [3.8, 4) is 0 Å². The number of halogens is 1. The van der Waals surface area contributed by atoms with Crippen LogP contribution in [-0.4, -0.2) is 22.0 Å². The number of aromatic nitrogens is 1. The normalized spacial score (nSPS) is 10.1. The van der Waals surface area contributed by atoms with Crippen LogP contribution in [0.1, 0.15) is 20.7 Å². The molecule has 7 heteroatoms. The highest BCUT2D eigenvalue weighted by Crippen LogP contribution is 2.17. The second-order valence-corrected chi connectivity index (χ2v) is 3.90. The largest absolute Gasteiger partial charge is 0.478 e. The maximum absolute atomic E-state index is 13.5. The van der Waals surface area contributed by atoms with Gasteiger partial charge in [-0.2, -0.15) is 0 Å². The van der Waals surface area contributed by atoms with Crippen molar-refractivity contribution in [3.63, 3.8) is 0 Å². The highest BCUT2D eigenvalue weighted by Gasteiger charge is 2.12. The molecule has 2 aromatic rings. The van der Waals surface area contributed by atoms with Gasteiger partial charge in [-0.25, -0.2) is 9.18 Å². The number of benzene rings is 1. The van der Waals surface area contributed by atoms with Gasteiger partial charge in [-0.05, 0) is 24.3 Å². The number of hydrogen-bond acceptors (Lipinski definition) is 3. The first-order valence-electron chi connectivity index (χ1n) is 5.50. The topological polar surface area (TPSA) is 99.3 Å². The van der Waals surface area contributed by atoms with Crippen molar-refractivity contribution >= 4 is 17.6 Å². The highest BCUT2D eigenvalue weighted by molar-refractivity contribution is 6.04. The van der Waals surface area contributed by atoms with Gasteiger partial charge in [-0.15, -0.1) is 0 Å². The van der Waals surface area contributed by atoms with Gasteiger partial charge in [0.2, 0.25) is 5.56 Å². The van der Waals surface area contributed by atoms with Crippen molar-refractivity contribution in [2.45, 2.75) is 0 Å². The number of aromatic carboxylic acids is 1. The van der Waals surface area contributed by atoms with Crippen molar-refractivity contribution in [3.05, 3.63) is 63.8 Å². The van der Waals surface area contributed by atoms with Crippen LogP contribution in [0.25, 0.3) is 0 Å². The molecular weight excluding hydrogens is 267 g/mol. The van der Waals surface area contributed by atoms with Crippen LogP contribution in [0.15, 0.2) is 41.3 Å². The molecule has 1 aromatic heterocycles. The molecule has 0 fully saturated rings. The first-order valence-corrected chi connectivity index (χ1v) is 5.50. The molecule has 3 N–H and O–H groups in total. The van der Waals surface area contributed by atoms with Crippen LogP contribution in [0.4, 0.5) is 10.1 Å². The SMILES string of the molecule is O=C(O)c1ccc(F)c(NC(=O)c2cc[nH]c(=O)c2)c1. The monoisotopic (exact) mass is 276 g/mol. The molecule has 1 aromatic carbocycles. The first-order chi connectivity index (χ1) is 9.47. The minimum Gasteiger partial charge on any atom is -0.478 e. The number of rotatable bonds is 3. The van der Waals surface area contributed by atoms with Gasteiger partial charge in [0.15, 0.2) is 0 Å². The lowest BCUT2D eigenvalue weighted by molar-refractivity contribution is 0.0696. The molecule has 0 aliphatic carbocycles. The molecule has 6 nitrogen and oxygen atoms in total. The van der Waals surface area contributed by atoms with Crippen LogP contribution < -0.4 is 10.9 Å². The number of carbonyl (C=O) groups excluding carboxylic acids is 1. The summed E-state index contributed by atoms with van der Waals surface area (Å²) >= 11 is 0. The van der Waals surface area contributed by atoms with E-state index >= 15 is 0 Å². The minimum absolute atomic E-state index is 0.0360. The Morgan fingerprint density at radius 1 is 1.15 bits per heavy atom.